The molecule has 2 aromatic carbocycles. The van der Waals surface area contributed by atoms with Crippen molar-refractivity contribution in [2.24, 2.45) is 5.41 Å². The van der Waals surface area contributed by atoms with E-state index in [1.54, 1.807) is 19.5 Å². The van der Waals surface area contributed by atoms with E-state index in [9.17, 15) is 14.7 Å². The maximum Gasteiger partial charge on any atom is 0.231 e. The number of rotatable bonds is 11. The maximum atomic E-state index is 12.5. The Labute approximate surface area is 349 Å². The number of aromatic nitrogens is 2. The number of piperazine rings is 2. The average Bonchev–Trinajstić information content (AvgIpc) is 3.94. The van der Waals surface area contributed by atoms with Crippen LogP contribution in [0.5, 0.6) is 17.2 Å². The molecule has 318 valence electrons. The summed E-state index contributed by atoms with van der Waals surface area (Å²) in [5, 5.41) is 11.3. The van der Waals surface area contributed by atoms with E-state index in [0.717, 1.165) is 146 Å². The molecule has 1 spiro atoms. The predicted octanol–water partition coefficient (Wildman–Crippen LogP) is 5.46. The first-order valence-corrected chi connectivity index (χ1v) is 22.1. The van der Waals surface area contributed by atoms with E-state index in [1.807, 2.05) is 30.3 Å². The van der Waals surface area contributed by atoms with Gasteiger partial charge >= 0.3 is 0 Å². The Hall–Kier alpha value is -4.30. The summed E-state index contributed by atoms with van der Waals surface area (Å²) in [6.07, 6.45) is 14.7. The number of methoxy groups -OCH3 is 1. The summed E-state index contributed by atoms with van der Waals surface area (Å²) in [6, 6.07) is 16.6. The Morgan fingerprint density at radius 3 is 2.15 bits per heavy atom. The summed E-state index contributed by atoms with van der Waals surface area (Å²) in [7, 11) is 1.72. The molecule has 4 aliphatic heterocycles. The number of hydrogen-bond acceptors (Lipinski definition) is 12. The molecule has 59 heavy (non-hydrogen) atoms. The lowest BCUT2D eigenvalue weighted by Gasteiger charge is -2.44. The molecule has 13 nitrogen and oxygen atoms in total. The second-order valence-electron chi connectivity index (χ2n) is 17.6. The van der Waals surface area contributed by atoms with Crippen molar-refractivity contribution in [2.75, 3.05) is 84.3 Å². The van der Waals surface area contributed by atoms with E-state index < -0.39 is 5.60 Å². The van der Waals surface area contributed by atoms with Crippen LogP contribution in [0, 0.1) is 5.41 Å². The van der Waals surface area contributed by atoms with Crippen LogP contribution in [0.1, 0.15) is 88.2 Å². The Kier molecular flexibility index (Phi) is 13.3. The topological polar surface area (TPSA) is 124 Å². The van der Waals surface area contributed by atoms with E-state index in [0.29, 0.717) is 25.4 Å². The molecule has 3 saturated heterocycles. The minimum absolute atomic E-state index is 0.00676. The van der Waals surface area contributed by atoms with E-state index >= 15 is 0 Å². The second kappa shape index (κ2) is 19.0. The van der Waals surface area contributed by atoms with Crippen LogP contribution in [0.15, 0.2) is 60.9 Å². The summed E-state index contributed by atoms with van der Waals surface area (Å²) < 4.78 is 16.3. The van der Waals surface area contributed by atoms with Crippen LogP contribution in [0.3, 0.4) is 0 Å². The van der Waals surface area contributed by atoms with Crippen LogP contribution < -0.4 is 19.1 Å². The zero-order valence-corrected chi connectivity index (χ0v) is 34.9. The normalized spacial score (nSPS) is 24.9. The number of piperidine rings is 1. The highest BCUT2D eigenvalue weighted by molar-refractivity contribution is 5.98. The number of benzene rings is 2. The van der Waals surface area contributed by atoms with Crippen molar-refractivity contribution in [2.45, 2.75) is 95.2 Å². The third kappa shape index (κ3) is 10.2. The van der Waals surface area contributed by atoms with Crippen LogP contribution in [0.2, 0.25) is 0 Å². The zero-order chi connectivity index (χ0) is 40.7. The van der Waals surface area contributed by atoms with Gasteiger partial charge in [0.15, 0.2) is 11.5 Å². The van der Waals surface area contributed by atoms with Crippen molar-refractivity contribution >= 4 is 17.8 Å². The molecule has 5 fully saturated rings. The third-order valence-electron chi connectivity index (χ3n) is 13.8. The molecule has 3 aromatic rings. The number of unbranched alkanes of at least 4 members (excludes halogenated alkanes) is 1. The molecule has 2 saturated carbocycles. The number of aliphatic hydroxyl groups is 1. The zero-order valence-electron chi connectivity index (χ0n) is 34.9. The Balaban J connectivity index is 0.000000165. The molecule has 9 rings (SSSR count). The molecule has 0 bridgehead atoms. The first-order valence-electron chi connectivity index (χ1n) is 22.1. The Morgan fingerprint density at radius 2 is 1.44 bits per heavy atom. The highest BCUT2D eigenvalue weighted by atomic mass is 16.7. The highest BCUT2D eigenvalue weighted by Gasteiger charge is 2.45. The fourth-order valence-corrected chi connectivity index (χ4v) is 10.2. The molecule has 0 radical (unpaired) electrons. The largest absolute Gasteiger partial charge is 0.497 e. The lowest BCUT2D eigenvalue weighted by molar-refractivity contribution is -0.153. The second-order valence-corrected chi connectivity index (χ2v) is 17.6. The molecule has 0 atom stereocenters. The number of carbonyl (C=O) groups is 2. The Morgan fingerprint density at radius 1 is 0.763 bits per heavy atom. The summed E-state index contributed by atoms with van der Waals surface area (Å²) in [5.74, 6) is 3.38. The molecular weight excluding hydrogens is 747 g/mol. The van der Waals surface area contributed by atoms with Gasteiger partial charge in [0, 0.05) is 96.7 Å². The number of carbonyl (C=O) groups excluding carboxylic acids is 2. The minimum Gasteiger partial charge on any atom is -0.497 e. The van der Waals surface area contributed by atoms with Gasteiger partial charge in [-0.05, 0) is 105 Å². The van der Waals surface area contributed by atoms with Gasteiger partial charge in [0.1, 0.15) is 5.75 Å². The molecule has 1 N–H and O–H groups in total. The average molecular weight is 810 g/mol. The number of ether oxygens (including phenoxy) is 3. The van der Waals surface area contributed by atoms with Gasteiger partial charge in [-0.3, -0.25) is 29.2 Å². The van der Waals surface area contributed by atoms with Gasteiger partial charge in [-0.15, -0.1) is 0 Å². The standard InChI is InChI=1S/C25H32N2O4.C21H31N5O2/c1-29-22-4-2-3-19(15-22)17-26-11-13-27(14-12-26)21-7-9-25(28,10-8-21)20-5-6-23-24(16-20)31-18-30-23;27-18-16-21(6-1-2-7-21)17-19(28)26(18)11-4-3-10-24-12-14-25(15-13-24)20-22-8-5-9-23-20/h2-6,15-16,21,28H,7-14,17-18H2,1H3;5,8-9H,1-4,6-7,10-17H2. The van der Waals surface area contributed by atoms with Crippen molar-refractivity contribution in [1.29, 1.82) is 0 Å². The van der Waals surface area contributed by atoms with Crippen molar-refractivity contribution < 1.29 is 28.9 Å². The quantitative estimate of drug-likeness (QED) is 0.196. The molecule has 2 aliphatic carbocycles. The number of fused-ring (bicyclic) bond motifs is 1. The fraction of sp³-hybridized carbons (Fsp3) is 0.609. The number of nitrogens with zero attached hydrogens (tertiary/aromatic N) is 7. The number of hydrogen-bond donors (Lipinski definition) is 1. The summed E-state index contributed by atoms with van der Waals surface area (Å²) in [5.41, 5.74) is 1.51. The molecule has 0 unspecified atom stereocenters. The van der Waals surface area contributed by atoms with E-state index in [-0.39, 0.29) is 24.0 Å². The van der Waals surface area contributed by atoms with Gasteiger partial charge in [-0.2, -0.15) is 0 Å². The number of imide groups is 1. The van der Waals surface area contributed by atoms with Crippen molar-refractivity contribution in [3.05, 3.63) is 72.1 Å². The predicted molar refractivity (Wildman–Crippen MR) is 225 cm³/mol. The molecule has 1 aromatic heterocycles. The smallest absolute Gasteiger partial charge is 0.231 e. The van der Waals surface area contributed by atoms with E-state index in [2.05, 4.69) is 47.8 Å². The fourth-order valence-electron chi connectivity index (χ4n) is 10.2. The SMILES string of the molecule is COc1cccc(CN2CCN(C3CCC(O)(c4ccc5c(c4)OCO5)CC3)CC2)c1.O=C1CC2(CCCC2)CC(=O)N1CCCCN1CCN(c2ncccn2)CC1. The number of amides is 2. The van der Waals surface area contributed by atoms with Gasteiger partial charge < -0.3 is 24.2 Å². The first kappa shape index (κ1) is 41.4. The lowest BCUT2D eigenvalue weighted by Crippen LogP contribution is -2.51. The summed E-state index contributed by atoms with van der Waals surface area (Å²) in [6.45, 7) is 11.1. The van der Waals surface area contributed by atoms with Crippen LogP contribution in [-0.4, -0.2) is 132 Å². The molecule has 2 amide bonds. The molecule has 5 heterocycles. The maximum absolute atomic E-state index is 12.5. The lowest BCUT2D eigenvalue weighted by atomic mass is 9.76. The van der Waals surface area contributed by atoms with Crippen LogP contribution >= 0.6 is 0 Å². The van der Waals surface area contributed by atoms with Crippen LogP contribution in [0.25, 0.3) is 0 Å². The van der Waals surface area contributed by atoms with Gasteiger partial charge in [-0.1, -0.05) is 31.0 Å². The van der Waals surface area contributed by atoms with E-state index in [1.165, 1.54) is 23.3 Å². The molecular formula is C46H63N7O6. The highest BCUT2D eigenvalue weighted by Crippen LogP contribution is 2.47. The Bertz CT molecular complexity index is 1830. The van der Waals surface area contributed by atoms with Crippen molar-refractivity contribution in [3.8, 4) is 17.2 Å². The van der Waals surface area contributed by atoms with Gasteiger partial charge in [0.05, 0.1) is 12.7 Å². The van der Waals surface area contributed by atoms with Crippen LogP contribution in [-0.2, 0) is 21.7 Å². The van der Waals surface area contributed by atoms with Gasteiger partial charge in [0.25, 0.3) is 0 Å². The number of likely N-dealkylation sites (tertiary alicyclic amines) is 1. The van der Waals surface area contributed by atoms with Crippen molar-refractivity contribution in [3.63, 3.8) is 0 Å². The first-order chi connectivity index (χ1) is 28.8. The molecule has 6 aliphatic rings. The van der Waals surface area contributed by atoms with E-state index in [4.69, 9.17) is 14.2 Å². The summed E-state index contributed by atoms with van der Waals surface area (Å²) in [4.78, 5) is 45.0. The van der Waals surface area contributed by atoms with Gasteiger partial charge in [-0.25, -0.2) is 9.97 Å². The summed E-state index contributed by atoms with van der Waals surface area (Å²) >= 11 is 0. The third-order valence-corrected chi connectivity index (χ3v) is 13.8. The molecule has 13 heteroatoms. The van der Waals surface area contributed by atoms with Crippen molar-refractivity contribution in [1.82, 2.24) is 29.6 Å². The minimum atomic E-state index is -0.758. The monoisotopic (exact) mass is 809 g/mol. The number of anilines is 1. The van der Waals surface area contributed by atoms with Crippen LogP contribution in [0.4, 0.5) is 5.95 Å². The van der Waals surface area contributed by atoms with Gasteiger partial charge in [0.2, 0.25) is 24.6 Å².